The Hall–Kier alpha value is -1.76. The molecule has 21 heavy (non-hydrogen) atoms. The third-order valence-corrected chi connectivity index (χ3v) is 2.79. The molecule has 0 bridgehead atoms. The fourth-order valence-corrected chi connectivity index (χ4v) is 2.04. The Morgan fingerprint density at radius 2 is 1.86 bits per heavy atom. The number of carbonyl (C=O) groups is 1. The lowest BCUT2D eigenvalue weighted by Crippen LogP contribution is -2.34. The van der Waals surface area contributed by atoms with Gasteiger partial charge in [0.1, 0.15) is 0 Å². The average Bonchev–Trinajstić information content (AvgIpc) is 2.34. The van der Waals surface area contributed by atoms with Gasteiger partial charge >= 0.3 is 6.18 Å². The van der Waals surface area contributed by atoms with Gasteiger partial charge in [0.15, 0.2) is 0 Å². The predicted octanol–water partition coefficient (Wildman–Crippen LogP) is 3.11. The second-order valence-corrected chi connectivity index (χ2v) is 6.12. The monoisotopic (exact) mass is 303 g/mol. The Bertz CT molecular complexity index is 521. The lowest BCUT2D eigenvalue weighted by molar-refractivity contribution is -0.137. The normalized spacial score (nSPS) is 12.2. The lowest BCUT2D eigenvalue weighted by Gasteiger charge is -2.27. The topological polar surface area (TPSA) is 58.4 Å². The Labute approximate surface area is 122 Å². The van der Waals surface area contributed by atoms with Crippen molar-refractivity contribution in [3.8, 4) is 0 Å². The Morgan fingerprint density at radius 3 is 2.29 bits per heavy atom. The minimum Gasteiger partial charge on any atom is -0.341 e. The first-order valence-corrected chi connectivity index (χ1v) is 6.39. The number of hydrogen-bond donors (Lipinski definition) is 2. The van der Waals surface area contributed by atoms with Crippen LogP contribution in [0.25, 0.3) is 0 Å². The number of halogens is 3. The van der Waals surface area contributed by atoms with E-state index in [0.717, 1.165) is 12.1 Å². The zero-order chi connectivity index (χ0) is 16.4. The van der Waals surface area contributed by atoms with Gasteiger partial charge in [0.2, 0.25) is 0 Å². The smallest absolute Gasteiger partial charge is 0.341 e. The first-order chi connectivity index (χ1) is 9.45. The largest absolute Gasteiger partial charge is 0.418 e. The van der Waals surface area contributed by atoms with Crippen LogP contribution in [0.1, 0.15) is 36.7 Å². The molecular weight excluding hydrogens is 283 g/mol. The number of rotatable bonds is 3. The summed E-state index contributed by atoms with van der Waals surface area (Å²) in [5, 5.41) is 0. The van der Waals surface area contributed by atoms with Gasteiger partial charge in [0.05, 0.1) is 11.3 Å². The predicted molar refractivity (Wildman–Crippen MR) is 75.7 cm³/mol. The van der Waals surface area contributed by atoms with Crippen LogP contribution >= 0.6 is 0 Å². The third-order valence-electron chi connectivity index (χ3n) is 2.79. The number of amides is 1. The summed E-state index contributed by atoms with van der Waals surface area (Å²) in [4.78, 5) is 13.6. The van der Waals surface area contributed by atoms with Gasteiger partial charge in [-0.3, -0.25) is 10.6 Å². The van der Waals surface area contributed by atoms with Crippen LogP contribution in [0.4, 0.5) is 18.9 Å². The number of hydrogen-bond acceptors (Lipinski definition) is 3. The van der Waals surface area contributed by atoms with E-state index in [9.17, 15) is 18.0 Å². The van der Waals surface area contributed by atoms with Gasteiger partial charge in [0.25, 0.3) is 5.91 Å². The summed E-state index contributed by atoms with van der Waals surface area (Å²) in [7, 11) is 1.57. The average molecular weight is 303 g/mol. The first-order valence-electron chi connectivity index (χ1n) is 6.39. The minimum absolute atomic E-state index is 0.0203. The Kier molecular flexibility index (Phi) is 4.88. The van der Waals surface area contributed by atoms with Gasteiger partial charge in [0, 0.05) is 19.2 Å². The number of nitrogens with zero attached hydrogens (tertiary/aromatic N) is 1. The van der Waals surface area contributed by atoms with Crippen LogP contribution in [0.2, 0.25) is 0 Å². The molecule has 1 aromatic carbocycles. The van der Waals surface area contributed by atoms with Crippen LogP contribution in [0.3, 0.4) is 0 Å². The number of benzene rings is 1. The van der Waals surface area contributed by atoms with Gasteiger partial charge in [-0.25, -0.2) is 0 Å². The van der Waals surface area contributed by atoms with Crippen molar-refractivity contribution in [1.29, 1.82) is 0 Å². The van der Waals surface area contributed by atoms with Crippen LogP contribution in [0, 0.1) is 5.41 Å². The summed E-state index contributed by atoms with van der Waals surface area (Å²) < 4.78 is 38.8. The molecule has 118 valence electrons. The molecule has 1 rings (SSSR count). The molecule has 1 aromatic rings. The second-order valence-electron chi connectivity index (χ2n) is 6.12. The highest BCUT2D eigenvalue weighted by atomic mass is 19.4. The van der Waals surface area contributed by atoms with Crippen molar-refractivity contribution in [2.45, 2.75) is 26.9 Å². The molecule has 3 N–H and O–H groups in total. The van der Waals surface area contributed by atoms with E-state index in [1.54, 1.807) is 7.05 Å². The molecule has 0 aliphatic carbocycles. The summed E-state index contributed by atoms with van der Waals surface area (Å²) >= 11 is 0. The van der Waals surface area contributed by atoms with E-state index in [-0.39, 0.29) is 16.7 Å². The number of carbonyl (C=O) groups excluding carboxylic acids is 1. The number of nitrogens with two attached hydrogens (primary N) is 1. The van der Waals surface area contributed by atoms with Crippen molar-refractivity contribution in [1.82, 2.24) is 4.90 Å². The van der Waals surface area contributed by atoms with Crippen molar-refractivity contribution in [3.05, 3.63) is 29.3 Å². The minimum atomic E-state index is -4.58. The molecule has 0 fully saturated rings. The van der Waals surface area contributed by atoms with Crippen molar-refractivity contribution in [2.75, 3.05) is 19.0 Å². The molecule has 0 radical (unpaired) electrons. The molecule has 0 aromatic heterocycles. The van der Waals surface area contributed by atoms with Gasteiger partial charge in [-0.2, -0.15) is 13.2 Å². The maximum Gasteiger partial charge on any atom is 0.418 e. The summed E-state index contributed by atoms with van der Waals surface area (Å²) in [6.07, 6.45) is -4.58. The molecule has 4 nitrogen and oxygen atoms in total. The summed E-state index contributed by atoms with van der Waals surface area (Å²) in [5.74, 6) is 4.61. The van der Waals surface area contributed by atoms with E-state index in [1.165, 1.54) is 11.0 Å². The van der Waals surface area contributed by atoms with Crippen molar-refractivity contribution >= 4 is 11.6 Å². The third kappa shape index (κ3) is 4.63. The van der Waals surface area contributed by atoms with Crippen LogP contribution in [-0.2, 0) is 6.18 Å². The molecule has 1 amide bonds. The zero-order valence-electron chi connectivity index (χ0n) is 12.5. The summed E-state index contributed by atoms with van der Waals surface area (Å²) in [6.45, 7) is 6.27. The van der Waals surface area contributed by atoms with Crippen LogP contribution in [0.5, 0.6) is 0 Å². The van der Waals surface area contributed by atoms with Crippen LogP contribution in [-0.4, -0.2) is 24.4 Å². The Balaban J connectivity index is 3.12. The number of nitrogens with one attached hydrogen (secondary N) is 1. The number of alkyl halides is 3. The molecule has 0 heterocycles. The molecule has 0 unspecified atom stereocenters. The first kappa shape index (κ1) is 17.3. The van der Waals surface area contributed by atoms with E-state index in [1.807, 2.05) is 26.2 Å². The molecule has 0 aliphatic heterocycles. The highest BCUT2D eigenvalue weighted by molar-refractivity contribution is 5.94. The van der Waals surface area contributed by atoms with E-state index in [4.69, 9.17) is 5.84 Å². The van der Waals surface area contributed by atoms with Crippen molar-refractivity contribution in [2.24, 2.45) is 11.3 Å². The molecule has 0 aliphatic rings. The van der Waals surface area contributed by atoms with E-state index in [2.05, 4.69) is 0 Å². The maximum absolute atomic E-state index is 12.9. The molecule has 7 heteroatoms. The fraction of sp³-hybridized carbons (Fsp3) is 0.500. The van der Waals surface area contributed by atoms with E-state index < -0.39 is 17.6 Å². The van der Waals surface area contributed by atoms with Gasteiger partial charge in [-0.05, 0) is 23.6 Å². The SMILES string of the molecule is CN(CC(C)(C)C)C(=O)c1ccc(NN)c(C(F)(F)F)c1. The highest BCUT2D eigenvalue weighted by Gasteiger charge is 2.34. The summed E-state index contributed by atoms with van der Waals surface area (Å²) in [6, 6.07) is 3.30. The van der Waals surface area contributed by atoms with E-state index >= 15 is 0 Å². The van der Waals surface area contributed by atoms with Crippen molar-refractivity contribution in [3.63, 3.8) is 0 Å². The van der Waals surface area contributed by atoms with Gasteiger partial charge in [-0.1, -0.05) is 20.8 Å². The molecular formula is C14H20F3N3O. The fourth-order valence-electron chi connectivity index (χ4n) is 2.04. The zero-order valence-corrected chi connectivity index (χ0v) is 12.5. The molecule has 0 spiro atoms. The van der Waals surface area contributed by atoms with Crippen molar-refractivity contribution < 1.29 is 18.0 Å². The number of nitrogen functional groups attached to an aromatic ring is 1. The molecule has 0 atom stereocenters. The second kappa shape index (κ2) is 5.93. The molecule has 0 saturated heterocycles. The van der Waals surface area contributed by atoms with Gasteiger partial charge in [-0.15, -0.1) is 0 Å². The standard InChI is InChI=1S/C14H20F3N3O/c1-13(2,3)8-20(4)12(21)9-5-6-11(19-18)10(7-9)14(15,16)17/h5-7,19H,8,18H2,1-4H3. The lowest BCUT2D eigenvalue weighted by atomic mass is 9.96. The van der Waals surface area contributed by atoms with E-state index in [0.29, 0.717) is 6.54 Å². The van der Waals surface area contributed by atoms with Crippen LogP contribution in [0.15, 0.2) is 18.2 Å². The van der Waals surface area contributed by atoms with Gasteiger partial charge < -0.3 is 10.3 Å². The van der Waals surface area contributed by atoms with Crippen LogP contribution < -0.4 is 11.3 Å². The number of hydrazine groups is 1. The highest BCUT2D eigenvalue weighted by Crippen LogP contribution is 2.35. The molecule has 0 saturated carbocycles. The Morgan fingerprint density at radius 1 is 1.29 bits per heavy atom. The quantitative estimate of drug-likeness (QED) is 0.666. The summed E-state index contributed by atoms with van der Waals surface area (Å²) in [5.41, 5.74) is 0.603. The maximum atomic E-state index is 12.9. The number of anilines is 1.